The predicted molar refractivity (Wildman–Crippen MR) is 88.8 cm³/mol. The summed E-state index contributed by atoms with van der Waals surface area (Å²) in [6.07, 6.45) is 1.00. The molecule has 0 fully saturated rings. The summed E-state index contributed by atoms with van der Waals surface area (Å²) < 4.78 is 5.19. The van der Waals surface area contributed by atoms with Crippen LogP contribution in [0.2, 0.25) is 4.34 Å². The van der Waals surface area contributed by atoms with Crippen LogP contribution < -0.4 is 11.1 Å². The molecule has 2 aromatic heterocycles. The number of nitrogens with one attached hydrogen (secondary N) is 2. The molecular formula is C15H12ClN3O3S. The summed E-state index contributed by atoms with van der Waals surface area (Å²) >= 11 is 7.33. The number of thiophene rings is 1. The second-order valence-electron chi connectivity index (χ2n) is 4.78. The van der Waals surface area contributed by atoms with E-state index in [1.54, 1.807) is 24.3 Å². The predicted octanol–water partition coefficient (Wildman–Crippen LogP) is 3.32. The van der Waals surface area contributed by atoms with Gasteiger partial charge in [-0.15, -0.1) is 11.3 Å². The van der Waals surface area contributed by atoms with Crippen LogP contribution in [0.4, 0.5) is 5.69 Å². The molecule has 8 heteroatoms. The molecule has 0 radical (unpaired) electrons. The number of benzene rings is 1. The zero-order valence-corrected chi connectivity index (χ0v) is 13.4. The van der Waals surface area contributed by atoms with E-state index in [1.165, 1.54) is 11.3 Å². The lowest BCUT2D eigenvalue weighted by Crippen LogP contribution is -2.12. The molecule has 0 unspecified atom stereocenters. The van der Waals surface area contributed by atoms with Crippen molar-refractivity contribution in [2.24, 2.45) is 0 Å². The molecule has 1 amide bonds. The van der Waals surface area contributed by atoms with E-state index in [9.17, 15) is 9.59 Å². The first kappa shape index (κ1) is 15.5. The van der Waals surface area contributed by atoms with Crippen LogP contribution in [-0.2, 0) is 11.2 Å². The highest BCUT2D eigenvalue weighted by Gasteiger charge is 2.08. The average molecular weight is 350 g/mol. The van der Waals surface area contributed by atoms with Gasteiger partial charge < -0.3 is 5.32 Å². The highest BCUT2D eigenvalue weighted by atomic mass is 35.5. The minimum atomic E-state index is -0.621. The highest BCUT2D eigenvalue weighted by molar-refractivity contribution is 7.16. The summed E-state index contributed by atoms with van der Waals surface area (Å²) in [5.41, 5.74) is 1.28. The van der Waals surface area contributed by atoms with Gasteiger partial charge in [0, 0.05) is 22.5 Å². The quantitative estimate of drug-likeness (QED) is 0.739. The molecule has 0 aliphatic heterocycles. The van der Waals surface area contributed by atoms with Gasteiger partial charge in [0.2, 0.25) is 5.91 Å². The number of H-pyrrole nitrogens is 1. The van der Waals surface area contributed by atoms with Gasteiger partial charge in [0.1, 0.15) is 0 Å². The Morgan fingerprint density at radius 3 is 2.91 bits per heavy atom. The molecule has 0 saturated heterocycles. The van der Waals surface area contributed by atoms with Crippen LogP contribution in [0, 0.1) is 0 Å². The highest BCUT2D eigenvalue weighted by Crippen LogP contribution is 2.23. The van der Waals surface area contributed by atoms with E-state index in [1.807, 2.05) is 12.1 Å². The van der Waals surface area contributed by atoms with Gasteiger partial charge in [0.25, 0.3) is 0 Å². The first-order chi connectivity index (χ1) is 11.1. The normalized spacial score (nSPS) is 10.7. The third kappa shape index (κ3) is 4.08. The smallest absolute Gasteiger partial charge is 0.326 e. The number of nitrogens with zero attached hydrogens (tertiary/aromatic N) is 1. The van der Waals surface area contributed by atoms with Crippen LogP contribution in [0.15, 0.2) is 45.7 Å². The molecule has 1 aromatic carbocycles. The standard InChI is InChI=1S/C15H12ClN3O3S/c16-12-6-4-11(23-12)5-7-13(20)17-10-3-1-2-9(8-10)14-18-15(21)22-19-14/h1-4,6,8H,5,7H2,(H,17,20)(H,18,19,21). The van der Waals surface area contributed by atoms with Crippen molar-refractivity contribution < 1.29 is 9.32 Å². The number of hydrogen-bond donors (Lipinski definition) is 2. The lowest BCUT2D eigenvalue weighted by molar-refractivity contribution is -0.116. The summed E-state index contributed by atoms with van der Waals surface area (Å²) in [7, 11) is 0. The Morgan fingerprint density at radius 1 is 1.35 bits per heavy atom. The van der Waals surface area contributed by atoms with Gasteiger partial charge in [-0.05, 0) is 30.7 Å². The number of aryl methyl sites for hydroxylation is 1. The van der Waals surface area contributed by atoms with Crippen LogP contribution in [0.25, 0.3) is 11.4 Å². The molecule has 0 bridgehead atoms. The number of aromatic nitrogens is 2. The fourth-order valence-corrected chi connectivity index (χ4v) is 3.13. The Labute approximate surface area is 140 Å². The number of rotatable bonds is 5. The van der Waals surface area contributed by atoms with Crippen LogP contribution in [-0.4, -0.2) is 16.0 Å². The van der Waals surface area contributed by atoms with Gasteiger partial charge >= 0.3 is 5.76 Å². The molecule has 2 heterocycles. The number of amides is 1. The molecule has 3 rings (SSSR count). The molecule has 2 N–H and O–H groups in total. The molecule has 0 saturated carbocycles. The summed E-state index contributed by atoms with van der Waals surface area (Å²) in [5.74, 6) is -0.399. The van der Waals surface area contributed by atoms with Crippen molar-refractivity contribution >= 4 is 34.5 Å². The Bertz CT molecular complexity index is 884. The van der Waals surface area contributed by atoms with Crippen molar-refractivity contribution in [2.75, 3.05) is 5.32 Å². The van der Waals surface area contributed by atoms with E-state index in [-0.39, 0.29) is 5.91 Å². The Balaban J connectivity index is 1.63. The van der Waals surface area contributed by atoms with Gasteiger partial charge in [-0.2, -0.15) is 0 Å². The minimum Gasteiger partial charge on any atom is -0.326 e. The van der Waals surface area contributed by atoms with E-state index >= 15 is 0 Å². The maximum atomic E-state index is 12.0. The summed E-state index contributed by atoms with van der Waals surface area (Å²) in [5, 5.41) is 6.44. The fraction of sp³-hybridized carbons (Fsp3) is 0.133. The molecule has 23 heavy (non-hydrogen) atoms. The SMILES string of the molecule is O=C(CCc1ccc(Cl)s1)Nc1cccc(-c2noc(=O)[nH]2)c1. The molecule has 0 atom stereocenters. The van der Waals surface area contributed by atoms with E-state index in [2.05, 4.69) is 20.0 Å². The number of aromatic amines is 1. The maximum absolute atomic E-state index is 12.0. The molecule has 6 nitrogen and oxygen atoms in total. The number of hydrogen-bond acceptors (Lipinski definition) is 5. The fourth-order valence-electron chi connectivity index (χ4n) is 2.04. The number of carbonyl (C=O) groups excluding carboxylic acids is 1. The van der Waals surface area contributed by atoms with Crippen LogP contribution in [0.3, 0.4) is 0 Å². The Morgan fingerprint density at radius 2 is 2.22 bits per heavy atom. The first-order valence-corrected chi connectivity index (χ1v) is 8.00. The van der Waals surface area contributed by atoms with E-state index < -0.39 is 5.76 Å². The second-order valence-corrected chi connectivity index (χ2v) is 6.58. The average Bonchev–Trinajstić information content (AvgIpc) is 3.14. The van der Waals surface area contributed by atoms with Crippen LogP contribution >= 0.6 is 22.9 Å². The van der Waals surface area contributed by atoms with Gasteiger partial charge in [-0.25, -0.2) is 4.79 Å². The molecular weight excluding hydrogens is 338 g/mol. The van der Waals surface area contributed by atoms with Gasteiger partial charge in [-0.3, -0.25) is 14.3 Å². The maximum Gasteiger partial charge on any atom is 0.439 e. The largest absolute Gasteiger partial charge is 0.439 e. The molecule has 118 valence electrons. The van der Waals surface area contributed by atoms with Gasteiger partial charge in [0.15, 0.2) is 5.82 Å². The van der Waals surface area contributed by atoms with Crippen molar-refractivity contribution in [1.82, 2.24) is 10.1 Å². The number of anilines is 1. The van der Waals surface area contributed by atoms with Gasteiger partial charge in [-0.1, -0.05) is 28.9 Å². The third-order valence-electron chi connectivity index (χ3n) is 3.09. The summed E-state index contributed by atoms with van der Waals surface area (Å²) in [6.45, 7) is 0. The number of halogens is 1. The Kier molecular flexibility index (Phi) is 4.59. The lowest BCUT2D eigenvalue weighted by atomic mass is 10.2. The molecule has 0 spiro atoms. The number of carbonyl (C=O) groups is 1. The second kappa shape index (κ2) is 6.80. The lowest BCUT2D eigenvalue weighted by Gasteiger charge is -2.05. The Hall–Kier alpha value is -2.38. The zero-order valence-electron chi connectivity index (χ0n) is 11.8. The van der Waals surface area contributed by atoms with E-state index in [0.717, 1.165) is 9.21 Å². The molecule has 0 aliphatic rings. The summed E-state index contributed by atoms with van der Waals surface area (Å²) in [6, 6.07) is 10.7. The molecule has 3 aromatic rings. The van der Waals surface area contributed by atoms with Crippen LogP contribution in [0.1, 0.15) is 11.3 Å². The van der Waals surface area contributed by atoms with Crippen molar-refractivity contribution in [3.05, 3.63) is 56.2 Å². The van der Waals surface area contributed by atoms with E-state index in [0.29, 0.717) is 29.9 Å². The minimum absolute atomic E-state index is 0.0969. The topological polar surface area (TPSA) is 88.0 Å². The third-order valence-corrected chi connectivity index (χ3v) is 4.38. The monoisotopic (exact) mass is 349 g/mol. The van der Waals surface area contributed by atoms with E-state index in [4.69, 9.17) is 11.6 Å². The molecule has 0 aliphatic carbocycles. The van der Waals surface area contributed by atoms with Crippen molar-refractivity contribution in [2.45, 2.75) is 12.8 Å². The zero-order chi connectivity index (χ0) is 16.2. The van der Waals surface area contributed by atoms with Crippen LogP contribution in [0.5, 0.6) is 0 Å². The van der Waals surface area contributed by atoms with Crippen molar-refractivity contribution in [1.29, 1.82) is 0 Å². The van der Waals surface area contributed by atoms with Gasteiger partial charge in [0.05, 0.1) is 4.34 Å². The first-order valence-electron chi connectivity index (χ1n) is 6.80. The van der Waals surface area contributed by atoms with Crippen molar-refractivity contribution in [3.8, 4) is 11.4 Å². The van der Waals surface area contributed by atoms with Crippen molar-refractivity contribution in [3.63, 3.8) is 0 Å². The summed E-state index contributed by atoms with van der Waals surface area (Å²) in [4.78, 5) is 26.5.